The van der Waals surface area contributed by atoms with Gasteiger partial charge in [0.25, 0.3) is 5.79 Å². The Hall–Kier alpha value is -2.53. The summed E-state index contributed by atoms with van der Waals surface area (Å²) in [7, 11) is 0. The minimum absolute atomic E-state index is 0.251. The van der Waals surface area contributed by atoms with E-state index in [0.29, 0.717) is 11.4 Å². The van der Waals surface area contributed by atoms with Gasteiger partial charge in [0.1, 0.15) is 0 Å². The van der Waals surface area contributed by atoms with Crippen LogP contribution in [0.15, 0.2) is 48.5 Å². The van der Waals surface area contributed by atoms with Gasteiger partial charge in [0.05, 0.1) is 6.04 Å². The van der Waals surface area contributed by atoms with E-state index in [-0.39, 0.29) is 18.4 Å². The third-order valence-corrected chi connectivity index (χ3v) is 6.91. The molecule has 3 aliphatic heterocycles. The molecule has 2 saturated heterocycles. The predicted octanol–water partition coefficient (Wildman–Crippen LogP) is 4.47. The van der Waals surface area contributed by atoms with E-state index in [4.69, 9.17) is 21.1 Å². The Balaban J connectivity index is 1.62. The second-order valence-electron chi connectivity index (χ2n) is 8.94. The monoisotopic (exact) mass is 425 g/mol. The minimum Gasteiger partial charge on any atom is -0.422 e. The first-order chi connectivity index (χ1) is 14.3. The van der Waals surface area contributed by atoms with E-state index >= 15 is 0 Å². The average Bonchev–Trinajstić information content (AvgIpc) is 2.72. The maximum atomic E-state index is 13.4. The quantitative estimate of drug-likeness (QED) is 0.498. The summed E-state index contributed by atoms with van der Waals surface area (Å²) in [6.07, 6.45) is 1.86. The number of esters is 2. The highest BCUT2D eigenvalue weighted by molar-refractivity contribution is 6.30. The van der Waals surface area contributed by atoms with E-state index in [0.717, 1.165) is 24.2 Å². The van der Waals surface area contributed by atoms with Gasteiger partial charge >= 0.3 is 11.9 Å². The van der Waals surface area contributed by atoms with E-state index < -0.39 is 23.1 Å². The molecule has 0 saturated carbocycles. The van der Waals surface area contributed by atoms with Crippen LogP contribution in [0.3, 0.4) is 0 Å². The van der Waals surface area contributed by atoms with Gasteiger partial charge in [0.2, 0.25) is 0 Å². The number of anilines is 1. The van der Waals surface area contributed by atoms with Gasteiger partial charge in [-0.15, -0.1) is 0 Å². The molecule has 0 bridgehead atoms. The Kier molecular flexibility index (Phi) is 4.37. The first-order valence-electron chi connectivity index (χ1n) is 10.4. The van der Waals surface area contributed by atoms with Crippen LogP contribution in [-0.4, -0.2) is 30.3 Å². The molecule has 0 radical (unpaired) electrons. The summed E-state index contributed by atoms with van der Waals surface area (Å²) in [4.78, 5) is 29.0. The summed E-state index contributed by atoms with van der Waals surface area (Å²) in [5, 5.41) is 0.642. The van der Waals surface area contributed by atoms with Gasteiger partial charge in [-0.3, -0.25) is 9.59 Å². The number of carbonyl (C=O) groups is 2. The summed E-state index contributed by atoms with van der Waals surface area (Å²) >= 11 is 6.29. The Morgan fingerprint density at radius 2 is 1.73 bits per heavy atom. The van der Waals surface area contributed by atoms with Crippen molar-refractivity contribution in [2.24, 2.45) is 5.41 Å². The number of nitrogens with zero attached hydrogens (tertiary/aromatic N) is 1. The van der Waals surface area contributed by atoms with Gasteiger partial charge in [0, 0.05) is 37.5 Å². The third kappa shape index (κ3) is 2.90. The SMILES string of the molecule is CC1(C)OC(=O)C2(Cc3ccc(Cl)cc3N3CC[C@@H](c4ccccc4)C[C@@H]32)C(=O)O1. The van der Waals surface area contributed by atoms with Crippen molar-refractivity contribution in [1.29, 1.82) is 0 Å². The fraction of sp³-hybridized carbons (Fsp3) is 0.417. The van der Waals surface area contributed by atoms with Crippen LogP contribution in [-0.2, 0) is 25.5 Å². The maximum absolute atomic E-state index is 13.4. The summed E-state index contributed by atoms with van der Waals surface area (Å²) in [5.74, 6) is -1.99. The minimum atomic E-state index is -1.37. The van der Waals surface area contributed by atoms with E-state index in [2.05, 4.69) is 17.0 Å². The van der Waals surface area contributed by atoms with Crippen LogP contribution in [0.4, 0.5) is 5.69 Å². The summed E-state index contributed by atoms with van der Waals surface area (Å²) in [6.45, 7) is 3.92. The van der Waals surface area contributed by atoms with Crippen LogP contribution in [0.1, 0.15) is 43.7 Å². The third-order valence-electron chi connectivity index (χ3n) is 6.67. The molecular weight excluding hydrogens is 402 g/mol. The number of halogens is 1. The molecule has 30 heavy (non-hydrogen) atoms. The number of rotatable bonds is 1. The Morgan fingerprint density at radius 1 is 1.03 bits per heavy atom. The van der Waals surface area contributed by atoms with Crippen molar-refractivity contribution >= 4 is 29.2 Å². The van der Waals surface area contributed by atoms with Gasteiger partial charge in [-0.25, -0.2) is 0 Å². The van der Waals surface area contributed by atoms with Crippen molar-refractivity contribution < 1.29 is 19.1 Å². The second kappa shape index (κ2) is 6.74. The van der Waals surface area contributed by atoms with Gasteiger partial charge in [-0.05, 0) is 42.0 Å². The molecule has 3 heterocycles. The van der Waals surface area contributed by atoms with Crippen molar-refractivity contribution in [1.82, 2.24) is 0 Å². The molecule has 0 aromatic heterocycles. The van der Waals surface area contributed by atoms with Crippen molar-refractivity contribution in [3.05, 3.63) is 64.7 Å². The fourth-order valence-corrected chi connectivity index (χ4v) is 5.44. The van der Waals surface area contributed by atoms with Crippen LogP contribution < -0.4 is 4.90 Å². The molecule has 3 aliphatic rings. The van der Waals surface area contributed by atoms with Crippen molar-refractivity contribution in [2.45, 2.75) is 50.9 Å². The largest absolute Gasteiger partial charge is 0.422 e. The first-order valence-corrected chi connectivity index (χ1v) is 10.7. The molecule has 5 rings (SSSR count). The summed E-state index contributed by atoms with van der Waals surface area (Å²) in [5.41, 5.74) is 1.77. The molecular formula is C24H24ClNO4. The lowest BCUT2D eigenvalue weighted by Crippen LogP contribution is -2.67. The highest BCUT2D eigenvalue weighted by Gasteiger charge is 2.64. The zero-order valence-electron chi connectivity index (χ0n) is 17.1. The van der Waals surface area contributed by atoms with Crippen LogP contribution in [0.5, 0.6) is 0 Å². The Labute approximate surface area is 180 Å². The Bertz CT molecular complexity index is 999. The number of piperidine rings is 1. The molecule has 2 fully saturated rings. The molecule has 0 N–H and O–H groups in total. The van der Waals surface area contributed by atoms with Crippen molar-refractivity contribution in [3.8, 4) is 0 Å². The van der Waals surface area contributed by atoms with Crippen molar-refractivity contribution in [3.63, 3.8) is 0 Å². The number of cyclic esters (lactones) is 2. The molecule has 0 unspecified atom stereocenters. The fourth-order valence-electron chi connectivity index (χ4n) is 5.27. The van der Waals surface area contributed by atoms with Gasteiger partial charge < -0.3 is 14.4 Å². The van der Waals surface area contributed by atoms with E-state index in [9.17, 15) is 9.59 Å². The van der Waals surface area contributed by atoms with E-state index in [1.807, 2.05) is 30.3 Å². The molecule has 2 aromatic carbocycles. The molecule has 5 nitrogen and oxygen atoms in total. The van der Waals surface area contributed by atoms with Gasteiger partial charge in [0.15, 0.2) is 5.41 Å². The summed E-state index contributed by atoms with van der Waals surface area (Å²) in [6, 6.07) is 15.6. The van der Waals surface area contributed by atoms with Crippen LogP contribution in [0.2, 0.25) is 5.02 Å². The number of hydrogen-bond acceptors (Lipinski definition) is 5. The lowest BCUT2D eigenvalue weighted by Gasteiger charge is -2.54. The lowest BCUT2D eigenvalue weighted by molar-refractivity contribution is -0.253. The smallest absolute Gasteiger partial charge is 0.329 e. The average molecular weight is 426 g/mol. The van der Waals surface area contributed by atoms with E-state index in [1.54, 1.807) is 19.9 Å². The number of ether oxygens (including phenoxy) is 2. The second-order valence-corrected chi connectivity index (χ2v) is 9.38. The zero-order chi connectivity index (χ0) is 21.1. The zero-order valence-corrected chi connectivity index (χ0v) is 17.8. The number of fused-ring (bicyclic) bond motifs is 4. The maximum Gasteiger partial charge on any atom is 0.329 e. The molecule has 1 spiro atoms. The molecule has 6 heteroatoms. The van der Waals surface area contributed by atoms with Crippen LogP contribution >= 0.6 is 11.6 Å². The van der Waals surface area contributed by atoms with Gasteiger partial charge in [-0.1, -0.05) is 48.0 Å². The summed E-state index contributed by atoms with van der Waals surface area (Å²) < 4.78 is 11.3. The predicted molar refractivity (Wildman–Crippen MR) is 113 cm³/mol. The van der Waals surface area contributed by atoms with Crippen LogP contribution in [0.25, 0.3) is 0 Å². The normalized spacial score (nSPS) is 26.4. The Morgan fingerprint density at radius 3 is 2.43 bits per heavy atom. The van der Waals surface area contributed by atoms with E-state index in [1.165, 1.54) is 5.56 Å². The molecule has 0 aliphatic carbocycles. The van der Waals surface area contributed by atoms with Crippen LogP contribution in [0, 0.1) is 5.41 Å². The van der Waals surface area contributed by atoms with Crippen molar-refractivity contribution in [2.75, 3.05) is 11.4 Å². The highest BCUT2D eigenvalue weighted by atomic mass is 35.5. The highest BCUT2D eigenvalue weighted by Crippen LogP contribution is 2.51. The number of carbonyl (C=O) groups excluding carboxylic acids is 2. The topological polar surface area (TPSA) is 55.8 Å². The molecule has 2 aromatic rings. The number of hydrogen-bond donors (Lipinski definition) is 0. The van der Waals surface area contributed by atoms with Gasteiger partial charge in [-0.2, -0.15) is 0 Å². The molecule has 156 valence electrons. The molecule has 0 amide bonds. The molecule has 2 atom stereocenters. The lowest BCUT2D eigenvalue weighted by atomic mass is 9.65. The first kappa shape index (κ1) is 19.4. The standard InChI is InChI=1S/C24H24ClNO4/c1-23(2)29-21(27)24(22(28)30-23)14-17-8-9-18(25)13-19(17)26-11-10-16(12-20(24)26)15-6-4-3-5-7-15/h3-9,13,16,20H,10-12,14H2,1-2H3/t16-,20-/m1/s1. The number of benzene rings is 2.